The monoisotopic (exact) mass is 230 g/mol. The molecule has 0 aliphatic rings. The summed E-state index contributed by atoms with van der Waals surface area (Å²) in [5.74, 6) is 0.775. The van der Waals surface area contributed by atoms with Gasteiger partial charge in [0.1, 0.15) is 23.0 Å². The smallest absolute Gasteiger partial charge is 0.267 e. The average Bonchev–Trinajstić information content (AvgIpc) is 2.32. The zero-order valence-electron chi connectivity index (χ0n) is 8.83. The number of primary amides is 1. The lowest BCUT2D eigenvalue weighted by Gasteiger charge is -2.05. The maximum absolute atomic E-state index is 10.9. The van der Waals surface area contributed by atoms with Gasteiger partial charge in [-0.1, -0.05) is 0 Å². The first-order valence-electron chi connectivity index (χ1n) is 4.80. The minimum atomic E-state index is -0.606. The van der Waals surface area contributed by atoms with E-state index in [9.17, 15) is 4.79 Å². The largest absolute Gasteiger partial charge is 0.456 e. The molecule has 6 nitrogen and oxygen atoms in total. The second kappa shape index (κ2) is 4.48. The number of hydrogen-bond acceptors (Lipinski definition) is 5. The van der Waals surface area contributed by atoms with E-state index in [2.05, 4.69) is 9.97 Å². The number of pyridine rings is 2. The molecule has 0 unspecified atom stereocenters. The van der Waals surface area contributed by atoms with Crippen molar-refractivity contribution in [2.75, 3.05) is 5.73 Å². The number of nitrogens with two attached hydrogens (primary N) is 2. The summed E-state index contributed by atoms with van der Waals surface area (Å²) >= 11 is 0. The van der Waals surface area contributed by atoms with Crippen molar-refractivity contribution in [2.45, 2.75) is 0 Å². The van der Waals surface area contributed by atoms with Gasteiger partial charge in [0.15, 0.2) is 0 Å². The van der Waals surface area contributed by atoms with Gasteiger partial charge in [-0.15, -0.1) is 0 Å². The maximum atomic E-state index is 10.9. The molecular formula is C11H10N4O2. The van der Waals surface area contributed by atoms with Crippen LogP contribution in [0.15, 0.2) is 36.7 Å². The van der Waals surface area contributed by atoms with Crippen molar-refractivity contribution in [1.29, 1.82) is 0 Å². The summed E-state index contributed by atoms with van der Waals surface area (Å²) in [5.41, 5.74) is 10.7. The number of nitrogen functional groups attached to an aromatic ring is 1. The highest BCUT2D eigenvalue weighted by molar-refractivity contribution is 5.91. The van der Waals surface area contributed by atoms with Crippen molar-refractivity contribution in [1.82, 2.24) is 9.97 Å². The van der Waals surface area contributed by atoms with Crippen LogP contribution in [0.5, 0.6) is 11.5 Å². The SMILES string of the molecule is NC(=O)c1cc(Oc2ccc(N)nc2)ccn1. The fourth-order valence-corrected chi connectivity index (χ4v) is 1.20. The second-order valence-corrected chi connectivity index (χ2v) is 3.26. The van der Waals surface area contributed by atoms with Crippen LogP contribution in [0.3, 0.4) is 0 Å². The van der Waals surface area contributed by atoms with Gasteiger partial charge in [0.2, 0.25) is 0 Å². The predicted octanol–water partition coefficient (Wildman–Crippen LogP) is 0.950. The highest BCUT2D eigenvalue weighted by atomic mass is 16.5. The Morgan fingerprint density at radius 3 is 2.65 bits per heavy atom. The van der Waals surface area contributed by atoms with E-state index < -0.39 is 5.91 Å². The van der Waals surface area contributed by atoms with Crippen molar-refractivity contribution in [3.8, 4) is 11.5 Å². The number of anilines is 1. The summed E-state index contributed by atoms with van der Waals surface area (Å²) in [6, 6.07) is 6.36. The Balaban J connectivity index is 2.21. The number of carbonyl (C=O) groups excluding carboxylic acids is 1. The summed E-state index contributed by atoms with van der Waals surface area (Å²) in [5, 5.41) is 0. The van der Waals surface area contributed by atoms with E-state index in [1.165, 1.54) is 18.5 Å². The highest BCUT2D eigenvalue weighted by Crippen LogP contribution is 2.20. The van der Waals surface area contributed by atoms with E-state index >= 15 is 0 Å². The molecule has 0 fully saturated rings. The van der Waals surface area contributed by atoms with Gasteiger partial charge in [-0.05, 0) is 18.2 Å². The second-order valence-electron chi connectivity index (χ2n) is 3.26. The first-order chi connectivity index (χ1) is 8.15. The molecule has 0 aliphatic carbocycles. The third-order valence-electron chi connectivity index (χ3n) is 1.98. The summed E-state index contributed by atoms with van der Waals surface area (Å²) in [6.07, 6.45) is 2.93. The topological polar surface area (TPSA) is 104 Å². The van der Waals surface area contributed by atoms with Crippen molar-refractivity contribution < 1.29 is 9.53 Å². The van der Waals surface area contributed by atoms with Crippen LogP contribution < -0.4 is 16.2 Å². The Kier molecular flexibility index (Phi) is 2.87. The molecule has 0 aliphatic heterocycles. The minimum absolute atomic E-state index is 0.144. The van der Waals surface area contributed by atoms with Crippen LogP contribution in [-0.4, -0.2) is 15.9 Å². The van der Waals surface area contributed by atoms with Crippen molar-refractivity contribution in [3.05, 3.63) is 42.4 Å². The van der Waals surface area contributed by atoms with Gasteiger partial charge in [0.05, 0.1) is 6.20 Å². The normalized spacial score (nSPS) is 9.88. The summed E-state index contributed by atoms with van der Waals surface area (Å²) < 4.78 is 5.46. The van der Waals surface area contributed by atoms with E-state index in [0.717, 1.165) is 0 Å². The molecule has 0 atom stereocenters. The highest BCUT2D eigenvalue weighted by Gasteiger charge is 2.04. The maximum Gasteiger partial charge on any atom is 0.267 e. The Morgan fingerprint density at radius 1 is 1.18 bits per heavy atom. The Hall–Kier alpha value is -2.63. The van der Waals surface area contributed by atoms with Gasteiger partial charge < -0.3 is 16.2 Å². The van der Waals surface area contributed by atoms with E-state index in [1.54, 1.807) is 18.2 Å². The lowest BCUT2D eigenvalue weighted by molar-refractivity contribution is 0.0995. The van der Waals surface area contributed by atoms with Crippen LogP contribution in [0, 0.1) is 0 Å². The summed E-state index contributed by atoms with van der Waals surface area (Å²) in [4.78, 5) is 18.6. The standard InChI is InChI=1S/C11H10N4O2/c12-10-2-1-8(6-15-10)17-7-3-4-14-9(5-7)11(13)16/h1-6H,(H2,12,15)(H2,13,16). The van der Waals surface area contributed by atoms with Crippen LogP contribution in [0.2, 0.25) is 0 Å². The first-order valence-corrected chi connectivity index (χ1v) is 4.80. The molecule has 2 heterocycles. The number of nitrogens with zero attached hydrogens (tertiary/aromatic N) is 2. The molecule has 0 bridgehead atoms. The van der Waals surface area contributed by atoms with Gasteiger partial charge in [-0.3, -0.25) is 9.78 Å². The molecule has 86 valence electrons. The molecule has 2 aromatic rings. The number of hydrogen-bond donors (Lipinski definition) is 2. The number of carbonyl (C=O) groups is 1. The fraction of sp³-hybridized carbons (Fsp3) is 0. The molecule has 2 aromatic heterocycles. The average molecular weight is 230 g/mol. The fourth-order valence-electron chi connectivity index (χ4n) is 1.20. The molecule has 17 heavy (non-hydrogen) atoms. The van der Waals surface area contributed by atoms with Crippen LogP contribution in [0.1, 0.15) is 10.5 Å². The molecule has 0 aromatic carbocycles. The number of aromatic nitrogens is 2. The van der Waals surface area contributed by atoms with Crippen LogP contribution >= 0.6 is 0 Å². The lowest BCUT2D eigenvalue weighted by atomic mass is 10.3. The van der Waals surface area contributed by atoms with Crippen molar-refractivity contribution >= 4 is 11.7 Å². The molecule has 2 rings (SSSR count). The Bertz CT molecular complexity index is 539. The van der Waals surface area contributed by atoms with E-state index in [4.69, 9.17) is 16.2 Å². The third-order valence-corrected chi connectivity index (χ3v) is 1.98. The molecule has 1 amide bonds. The molecule has 0 spiro atoms. The van der Waals surface area contributed by atoms with E-state index in [-0.39, 0.29) is 5.69 Å². The first kappa shape index (κ1) is 10.9. The van der Waals surface area contributed by atoms with Crippen molar-refractivity contribution in [2.24, 2.45) is 5.73 Å². The summed E-state index contributed by atoms with van der Waals surface area (Å²) in [6.45, 7) is 0. The Morgan fingerprint density at radius 2 is 2.00 bits per heavy atom. The van der Waals surface area contributed by atoms with Gasteiger partial charge in [-0.2, -0.15) is 0 Å². The third kappa shape index (κ3) is 2.69. The molecule has 0 saturated carbocycles. The van der Waals surface area contributed by atoms with Gasteiger partial charge in [0, 0.05) is 12.3 Å². The molecule has 4 N–H and O–H groups in total. The predicted molar refractivity (Wildman–Crippen MR) is 61.5 cm³/mol. The van der Waals surface area contributed by atoms with E-state index in [1.807, 2.05) is 0 Å². The van der Waals surface area contributed by atoms with Crippen LogP contribution in [0.4, 0.5) is 5.82 Å². The summed E-state index contributed by atoms with van der Waals surface area (Å²) in [7, 11) is 0. The molecule has 0 saturated heterocycles. The quantitative estimate of drug-likeness (QED) is 0.816. The molecule has 0 radical (unpaired) electrons. The minimum Gasteiger partial charge on any atom is -0.456 e. The van der Waals surface area contributed by atoms with Crippen LogP contribution in [-0.2, 0) is 0 Å². The molecular weight excluding hydrogens is 220 g/mol. The van der Waals surface area contributed by atoms with Gasteiger partial charge in [0.25, 0.3) is 5.91 Å². The molecule has 6 heteroatoms. The number of ether oxygens (including phenoxy) is 1. The number of amides is 1. The van der Waals surface area contributed by atoms with Crippen molar-refractivity contribution in [3.63, 3.8) is 0 Å². The van der Waals surface area contributed by atoms with Gasteiger partial charge in [-0.25, -0.2) is 4.98 Å². The Labute approximate surface area is 97.2 Å². The lowest BCUT2D eigenvalue weighted by Crippen LogP contribution is -2.12. The zero-order chi connectivity index (χ0) is 12.3. The van der Waals surface area contributed by atoms with Crippen LogP contribution in [0.25, 0.3) is 0 Å². The number of rotatable bonds is 3. The van der Waals surface area contributed by atoms with Gasteiger partial charge >= 0.3 is 0 Å². The van der Waals surface area contributed by atoms with E-state index in [0.29, 0.717) is 17.3 Å². The zero-order valence-corrected chi connectivity index (χ0v) is 8.83.